The number of carbonyl (C=O) groups is 2. The van der Waals surface area contributed by atoms with Crippen LogP contribution < -0.4 is 19.1 Å². The Labute approximate surface area is 167 Å². The van der Waals surface area contributed by atoms with Gasteiger partial charge in [-0.1, -0.05) is 11.6 Å². The summed E-state index contributed by atoms with van der Waals surface area (Å²) in [6.07, 6.45) is -0.104. The first kappa shape index (κ1) is 20.0. The van der Waals surface area contributed by atoms with E-state index in [0.717, 1.165) is 0 Å². The van der Waals surface area contributed by atoms with Gasteiger partial charge in [-0.25, -0.2) is 12.7 Å². The largest absolute Gasteiger partial charge is 0.497 e. The lowest BCUT2D eigenvalue weighted by atomic mass is 10.1. The Balaban J connectivity index is 1.96. The van der Waals surface area contributed by atoms with Gasteiger partial charge in [0.15, 0.2) is 0 Å². The fourth-order valence-electron chi connectivity index (χ4n) is 2.78. The van der Waals surface area contributed by atoms with E-state index in [1.54, 1.807) is 18.2 Å². The highest BCUT2D eigenvalue weighted by atomic mass is 35.5. The predicted octanol–water partition coefficient (Wildman–Crippen LogP) is 2.68. The molecule has 1 fully saturated rings. The molecule has 8 nitrogen and oxygen atoms in total. The van der Waals surface area contributed by atoms with Gasteiger partial charge in [0.1, 0.15) is 11.5 Å². The number of hydrogen-bond acceptors (Lipinski definition) is 6. The molecule has 0 radical (unpaired) electrons. The molecule has 3 rings (SSSR count). The Morgan fingerprint density at radius 2 is 1.89 bits per heavy atom. The molecule has 28 heavy (non-hydrogen) atoms. The highest BCUT2D eigenvalue weighted by Gasteiger charge is 2.36. The second kappa shape index (κ2) is 7.69. The Bertz CT molecular complexity index is 1050. The number of sulfonamides is 1. The van der Waals surface area contributed by atoms with E-state index in [-0.39, 0.29) is 28.4 Å². The smallest absolute Gasteiger partial charge is 0.257 e. The van der Waals surface area contributed by atoms with Crippen LogP contribution >= 0.6 is 11.6 Å². The number of nitrogens with zero attached hydrogens (tertiary/aromatic N) is 1. The number of hydrogen-bond donors (Lipinski definition) is 1. The Kier molecular flexibility index (Phi) is 5.48. The van der Waals surface area contributed by atoms with Gasteiger partial charge in [-0.3, -0.25) is 9.59 Å². The van der Waals surface area contributed by atoms with Crippen molar-refractivity contribution < 1.29 is 27.5 Å². The van der Waals surface area contributed by atoms with Gasteiger partial charge in [-0.05, 0) is 30.3 Å². The molecule has 0 bridgehead atoms. The highest BCUT2D eigenvalue weighted by molar-refractivity contribution is 7.94. The molecule has 1 heterocycles. The summed E-state index contributed by atoms with van der Waals surface area (Å²) in [5.74, 6) is -0.509. The van der Waals surface area contributed by atoms with Gasteiger partial charge in [0.2, 0.25) is 15.9 Å². The number of nitrogens with one attached hydrogen (secondary N) is 1. The first-order chi connectivity index (χ1) is 13.3. The summed E-state index contributed by atoms with van der Waals surface area (Å²) in [6, 6.07) is 8.89. The summed E-state index contributed by atoms with van der Waals surface area (Å²) >= 11 is 6.13. The van der Waals surface area contributed by atoms with Crippen LogP contribution in [0.4, 0.5) is 11.4 Å². The third-order valence-corrected chi connectivity index (χ3v) is 6.18. The monoisotopic (exact) mass is 424 g/mol. The molecule has 2 aromatic rings. The third-order valence-electron chi connectivity index (χ3n) is 4.16. The minimum Gasteiger partial charge on any atom is -0.497 e. The van der Waals surface area contributed by atoms with Crippen LogP contribution in [0.2, 0.25) is 5.02 Å². The van der Waals surface area contributed by atoms with Gasteiger partial charge < -0.3 is 14.8 Å². The summed E-state index contributed by atoms with van der Waals surface area (Å²) < 4.78 is 35.3. The van der Waals surface area contributed by atoms with Gasteiger partial charge in [0, 0.05) is 12.5 Å². The molecule has 10 heteroatoms. The van der Waals surface area contributed by atoms with Gasteiger partial charge in [-0.2, -0.15) is 0 Å². The van der Waals surface area contributed by atoms with Gasteiger partial charge in [0.05, 0.1) is 41.9 Å². The molecule has 1 aliphatic rings. The molecular formula is C18H17ClN2O6S. The molecule has 2 amide bonds. The van der Waals surface area contributed by atoms with Crippen molar-refractivity contribution in [2.24, 2.45) is 0 Å². The Morgan fingerprint density at radius 1 is 1.14 bits per heavy atom. The van der Waals surface area contributed by atoms with E-state index in [2.05, 4.69) is 5.32 Å². The van der Waals surface area contributed by atoms with Crippen LogP contribution in [0.25, 0.3) is 0 Å². The maximum absolute atomic E-state index is 12.8. The molecular weight excluding hydrogens is 408 g/mol. The van der Waals surface area contributed by atoms with Crippen LogP contribution in [0.1, 0.15) is 16.8 Å². The number of benzene rings is 2. The zero-order valence-electron chi connectivity index (χ0n) is 15.1. The highest BCUT2D eigenvalue weighted by Crippen LogP contribution is 2.32. The van der Waals surface area contributed by atoms with Crippen LogP contribution in [0.3, 0.4) is 0 Å². The molecule has 0 saturated carbocycles. The van der Waals surface area contributed by atoms with Crippen LogP contribution in [-0.4, -0.2) is 40.2 Å². The molecule has 2 aromatic carbocycles. The maximum Gasteiger partial charge on any atom is 0.257 e. The molecule has 1 aliphatic heterocycles. The number of amides is 2. The van der Waals surface area contributed by atoms with Crippen molar-refractivity contribution in [1.29, 1.82) is 0 Å². The lowest BCUT2D eigenvalue weighted by Crippen LogP contribution is -2.29. The quantitative estimate of drug-likeness (QED) is 0.791. The molecule has 0 spiro atoms. The molecule has 0 atom stereocenters. The summed E-state index contributed by atoms with van der Waals surface area (Å²) in [6.45, 7) is 0. The average Bonchev–Trinajstić information content (AvgIpc) is 2.94. The number of carbonyl (C=O) groups excluding carboxylic acids is 2. The third kappa shape index (κ3) is 3.76. The van der Waals surface area contributed by atoms with Crippen molar-refractivity contribution in [2.75, 3.05) is 29.6 Å². The topological polar surface area (TPSA) is 102 Å². The summed E-state index contributed by atoms with van der Waals surface area (Å²) in [7, 11) is -0.810. The summed E-state index contributed by atoms with van der Waals surface area (Å²) in [5, 5.41) is 2.77. The summed E-state index contributed by atoms with van der Waals surface area (Å²) in [4.78, 5) is 24.8. The minimum absolute atomic E-state index is 0.0129. The van der Waals surface area contributed by atoms with E-state index in [4.69, 9.17) is 21.1 Å². The van der Waals surface area contributed by atoms with Crippen molar-refractivity contribution >= 4 is 44.8 Å². The van der Waals surface area contributed by atoms with E-state index in [1.165, 1.54) is 32.4 Å². The van der Waals surface area contributed by atoms with E-state index in [9.17, 15) is 18.0 Å². The molecule has 0 unspecified atom stereocenters. The average molecular weight is 425 g/mol. The SMILES string of the molecule is COc1ccc(OC)c(NC(=O)c2cc(N3C(=O)CCS3(=O)=O)ccc2Cl)c1. The first-order valence-electron chi connectivity index (χ1n) is 8.15. The summed E-state index contributed by atoms with van der Waals surface area (Å²) in [5.41, 5.74) is 0.423. The number of ether oxygens (including phenoxy) is 2. The molecule has 0 aliphatic carbocycles. The van der Waals surface area contributed by atoms with Crippen molar-refractivity contribution in [2.45, 2.75) is 6.42 Å². The standard InChI is InChI=1S/C18H17ClN2O6S/c1-26-12-4-6-16(27-2)15(10-12)20-18(23)13-9-11(3-5-14(13)19)21-17(22)7-8-28(21,24)25/h3-6,9-10H,7-8H2,1-2H3,(H,20,23). The molecule has 1 saturated heterocycles. The second-order valence-corrected chi connectivity index (χ2v) is 8.25. The predicted molar refractivity (Wildman–Crippen MR) is 105 cm³/mol. The van der Waals surface area contributed by atoms with Gasteiger partial charge in [0.25, 0.3) is 5.91 Å². The van der Waals surface area contributed by atoms with Crippen molar-refractivity contribution in [3.8, 4) is 11.5 Å². The molecule has 0 aromatic heterocycles. The number of anilines is 2. The lowest BCUT2D eigenvalue weighted by molar-refractivity contribution is -0.116. The number of rotatable bonds is 5. The zero-order chi connectivity index (χ0) is 20.5. The fraction of sp³-hybridized carbons (Fsp3) is 0.222. The Morgan fingerprint density at radius 3 is 2.50 bits per heavy atom. The fourth-order valence-corrected chi connectivity index (χ4v) is 4.44. The van der Waals surface area contributed by atoms with E-state index in [0.29, 0.717) is 21.5 Å². The molecule has 1 N–H and O–H groups in total. The zero-order valence-corrected chi connectivity index (χ0v) is 16.6. The van der Waals surface area contributed by atoms with Crippen LogP contribution in [0, 0.1) is 0 Å². The lowest BCUT2D eigenvalue weighted by Gasteiger charge is -2.17. The second-order valence-electron chi connectivity index (χ2n) is 5.91. The van der Waals surface area contributed by atoms with Crippen molar-refractivity contribution in [3.63, 3.8) is 0 Å². The number of methoxy groups -OCH3 is 2. The van der Waals surface area contributed by atoms with E-state index < -0.39 is 21.8 Å². The Hall–Kier alpha value is -2.78. The van der Waals surface area contributed by atoms with Gasteiger partial charge in [-0.15, -0.1) is 0 Å². The van der Waals surface area contributed by atoms with E-state index >= 15 is 0 Å². The maximum atomic E-state index is 12.8. The minimum atomic E-state index is -3.75. The van der Waals surface area contributed by atoms with Gasteiger partial charge >= 0.3 is 0 Å². The van der Waals surface area contributed by atoms with Crippen molar-refractivity contribution in [1.82, 2.24) is 0 Å². The normalized spacial score (nSPS) is 15.4. The first-order valence-corrected chi connectivity index (χ1v) is 10.1. The van der Waals surface area contributed by atoms with E-state index in [1.807, 2.05) is 0 Å². The molecule has 148 valence electrons. The number of halogens is 1. The van der Waals surface area contributed by atoms with Crippen LogP contribution in [-0.2, 0) is 14.8 Å². The van der Waals surface area contributed by atoms with Crippen molar-refractivity contribution in [3.05, 3.63) is 47.0 Å². The van der Waals surface area contributed by atoms with Crippen LogP contribution in [0.15, 0.2) is 36.4 Å². The van der Waals surface area contributed by atoms with Crippen LogP contribution in [0.5, 0.6) is 11.5 Å².